The highest BCUT2D eigenvalue weighted by atomic mass is 16.1. The number of carbonyl (C=O) groups is 1. The van der Waals surface area contributed by atoms with E-state index in [0.29, 0.717) is 0 Å². The fourth-order valence-electron chi connectivity index (χ4n) is 2.42. The highest BCUT2D eigenvalue weighted by Gasteiger charge is 2.25. The summed E-state index contributed by atoms with van der Waals surface area (Å²) >= 11 is 0. The predicted molar refractivity (Wildman–Crippen MR) is 65.4 cm³/mol. The topological polar surface area (TPSA) is 43.1 Å². The second kappa shape index (κ2) is 4.79. The van der Waals surface area contributed by atoms with Crippen molar-refractivity contribution in [1.29, 1.82) is 0 Å². The molecule has 2 nitrogen and oxygen atoms in total. The van der Waals surface area contributed by atoms with Crippen LogP contribution >= 0.6 is 0 Å². The monoisotopic (exact) mass is 217 g/mol. The molecular weight excluding hydrogens is 198 g/mol. The molecule has 0 saturated heterocycles. The molecule has 1 aromatic carbocycles. The van der Waals surface area contributed by atoms with Gasteiger partial charge in [-0.05, 0) is 26.2 Å². The first-order chi connectivity index (χ1) is 7.66. The van der Waals surface area contributed by atoms with E-state index in [1.165, 1.54) is 5.56 Å². The van der Waals surface area contributed by atoms with Crippen molar-refractivity contribution in [2.24, 2.45) is 11.7 Å². The lowest BCUT2D eigenvalue weighted by Gasteiger charge is -2.25. The minimum Gasteiger partial charge on any atom is -0.328 e. The largest absolute Gasteiger partial charge is 0.328 e. The molecule has 1 aromatic rings. The number of aryl methyl sites for hydroxylation is 1. The quantitative estimate of drug-likeness (QED) is 0.774. The molecule has 0 spiro atoms. The summed E-state index contributed by atoms with van der Waals surface area (Å²) < 4.78 is 0. The Balaban J connectivity index is 2.09. The van der Waals surface area contributed by atoms with E-state index in [0.717, 1.165) is 31.2 Å². The summed E-state index contributed by atoms with van der Waals surface area (Å²) in [4.78, 5) is 12.2. The molecule has 2 heteroatoms. The first-order valence-electron chi connectivity index (χ1n) is 6.03. The van der Waals surface area contributed by atoms with Crippen molar-refractivity contribution in [2.75, 3.05) is 0 Å². The van der Waals surface area contributed by atoms with Gasteiger partial charge in [0.1, 0.15) is 0 Å². The summed E-state index contributed by atoms with van der Waals surface area (Å²) in [5.41, 5.74) is 7.94. The molecule has 0 radical (unpaired) electrons. The lowest BCUT2D eigenvalue weighted by atomic mass is 9.81. The van der Waals surface area contributed by atoms with Crippen LogP contribution in [0.25, 0.3) is 0 Å². The fourth-order valence-corrected chi connectivity index (χ4v) is 2.42. The molecule has 0 bridgehead atoms. The Hall–Kier alpha value is -1.15. The van der Waals surface area contributed by atoms with Gasteiger partial charge in [0.25, 0.3) is 0 Å². The fraction of sp³-hybridized carbons (Fsp3) is 0.500. The Kier molecular flexibility index (Phi) is 3.39. The molecule has 0 heterocycles. The minimum atomic E-state index is 0.145. The van der Waals surface area contributed by atoms with E-state index in [9.17, 15) is 4.79 Å². The second-order valence-electron chi connectivity index (χ2n) is 4.85. The average molecular weight is 217 g/mol. The Morgan fingerprint density at radius 1 is 1.25 bits per heavy atom. The highest BCUT2D eigenvalue weighted by molar-refractivity contribution is 5.97. The molecule has 1 aliphatic rings. The van der Waals surface area contributed by atoms with Gasteiger partial charge >= 0.3 is 0 Å². The molecular formula is C14H19NO. The second-order valence-corrected chi connectivity index (χ2v) is 4.85. The van der Waals surface area contributed by atoms with Crippen molar-refractivity contribution in [1.82, 2.24) is 0 Å². The van der Waals surface area contributed by atoms with Gasteiger partial charge in [0.15, 0.2) is 5.78 Å². The first kappa shape index (κ1) is 11.3. The van der Waals surface area contributed by atoms with E-state index >= 15 is 0 Å². The maximum Gasteiger partial charge on any atom is 0.165 e. The van der Waals surface area contributed by atoms with Gasteiger partial charge < -0.3 is 5.73 Å². The van der Waals surface area contributed by atoms with Crippen LogP contribution in [0.5, 0.6) is 0 Å². The molecule has 0 aromatic heterocycles. The van der Waals surface area contributed by atoms with Crippen LogP contribution in [0.15, 0.2) is 24.3 Å². The van der Waals surface area contributed by atoms with Crippen LogP contribution in [0.3, 0.4) is 0 Å². The average Bonchev–Trinajstić information content (AvgIpc) is 2.29. The number of nitrogens with two attached hydrogens (primary N) is 1. The molecule has 2 unspecified atom stereocenters. The summed E-state index contributed by atoms with van der Waals surface area (Å²) in [5.74, 6) is 0.418. The molecule has 2 rings (SSSR count). The molecule has 0 aliphatic heterocycles. The zero-order valence-corrected chi connectivity index (χ0v) is 9.78. The van der Waals surface area contributed by atoms with Crippen LogP contribution < -0.4 is 5.73 Å². The lowest BCUT2D eigenvalue weighted by Crippen LogP contribution is -2.31. The Labute approximate surface area is 96.8 Å². The summed E-state index contributed by atoms with van der Waals surface area (Å²) in [6.07, 6.45) is 4.01. The SMILES string of the molecule is Cc1ccc(C(=O)C2CCCC(N)C2)cc1. The Bertz CT molecular complexity index is 369. The van der Waals surface area contributed by atoms with Crippen molar-refractivity contribution >= 4 is 5.78 Å². The normalized spacial score (nSPS) is 25.4. The van der Waals surface area contributed by atoms with Crippen LogP contribution in [0, 0.1) is 12.8 Å². The molecule has 2 N–H and O–H groups in total. The third kappa shape index (κ3) is 2.50. The van der Waals surface area contributed by atoms with Gasteiger partial charge in [-0.3, -0.25) is 4.79 Å². The number of hydrogen-bond acceptors (Lipinski definition) is 2. The molecule has 1 aliphatic carbocycles. The number of benzene rings is 1. The van der Waals surface area contributed by atoms with Gasteiger partial charge in [-0.25, -0.2) is 0 Å². The number of hydrogen-bond donors (Lipinski definition) is 1. The number of carbonyl (C=O) groups excluding carboxylic acids is 1. The van der Waals surface area contributed by atoms with Gasteiger partial charge in [-0.15, -0.1) is 0 Å². The van der Waals surface area contributed by atoms with Gasteiger partial charge in [-0.1, -0.05) is 36.2 Å². The van der Waals surface area contributed by atoms with E-state index in [-0.39, 0.29) is 17.7 Å². The molecule has 0 amide bonds. The van der Waals surface area contributed by atoms with Crippen molar-refractivity contribution in [3.05, 3.63) is 35.4 Å². The summed E-state index contributed by atoms with van der Waals surface area (Å²) in [6, 6.07) is 8.06. The molecule has 2 atom stereocenters. The predicted octanol–water partition coefficient (Wildman–Crippen LogP) is 2.70. The van der Waals surface area contributed by atoms with E-state index < -0.39 is 0 Å². The van der Waals surface area contributed by atoms with Crippen LogP contribution in [-0.4, -0.2) is 11.8 Å². The highest BCUT2D eigenvalue weighted by Crippen LogP contribution is 2.26. The zero-order chi connectivity index (χ0) is 11.5. The Morgan fingerprint density at radius 3 is 2.56 bits per heavy atom. The van der Waals surface area contributed by atoms with Gasteiger partial charge in [0.05, 0.1) is 0 Å². The summed E-state index contributed by atoms with van der Waals surface area (Å²) in [6.45, 7) is 2.03. The van der Waals surface area contributed by atoms with Crippen LogP contribution in [0.2, 0.25) is 0 Å². The smallest absolute Gasteiger partial charge is 0.165 e. The third-order valence-electron chi connectivity index (χ3n) is 3.42. The standard InChI is InChI=1S/C14H19NO/c1-10-5-7-11(8-6-10)14(16)12-3-2-4-13(15)9-12/h5-8,12-13H,2-4,9,15H2,1H3. The number of Topliss-reactive ketones (excluding diaryl/α,β-unsaturated/α-hetero) is 1. The third-order valence-corrected chi connectivity index (χ3v) is 3.42. The van der Waals surface area contributed by atoms with Crippen LogP contribution in [0.4, 0.5) is 0 Å². The summed E-state index contributed by atoms with van der Waals surface area (Å²) in [7, 11) is 0. The van der Waals surface area contributed by atoms with Gasteiger partial charge in [-0.2, -0.15) is 0 Å². The van der Waals surface area contributed by atoms with Crippen molar-refractivity contribution in [3.63, 3.8) is 0 Å². The molecule has 1 saturated carbocycles. The van der Waals surface area contributed by atoms with E-state index in [1.54, 1.807) is 0 Å². The summed E-state index contributed by atoms with van der Waals surface area (Å²) in [5, 5.41) is 0. The van der Waals surface area contributed by atoms with Gasteiger partial charge in [0.2, 0.25) is 0 Å². The first-order valence-corrected chi connectivity index (χ1v) is 6.03. The van der Waals surface area contributed by atoms with Crippen LogP contribution in [0.1, 0.15) is 41.6 Å². The maximum atomic E-state index is 12.2. The number of rotatable bonds is 2. The van der Waals surface area contributed by atoms with E-state index in [4.69, 9.17) is 5.73 Å². The maximum absolute atomic E-state index is 12.2. The molecule has 16 heavy (non-hydrogen) atoms. The number of ketones is 1. The molecule has 1 fully saturated rings. The van der Waals surface area contributed by atoms with E-state index in [1.807, 2.05) is 31.2 Å². The minimum absolute atomic E-state index is 0.145. The van der Waals surface area contributed by atoms with Crippen molar-refractivity contribution in [2.45, 2.75) is 38.6 Å². The Morgan fingerprint density at radius 2 is 1.94 bits per heavy atom. The lowest BCUT2D eigenvalue weighted by molar-refractivity contribution is 0.0881. The van der Waals surface area contributed by atoms with Crippen molar-refractivity contribution in [3.8, 4) is 0 Å². The molecule has 86 valence electrons. The van der Waals surface area contributed by atoms with Crippen LogP contribution in [-0.2, 0) is 0 Å². The van der Waals surface area contributed by atoms with E-state index in [2.05, 4.69) is 0 Å². The van der Waals surface area contributed by atoms with Gasteiger partial charge in [0, 0.05) is 17.5 Å². The zero-order valence-electron chi connectivity index (χ0n) is 9.78. The van der Waals surface area contributed by atoms with Crippen molar-refractivity contribution < 1.29 is 4.79 Å².